The van der Waals surface area contributed by atoms with Crippen LogP contribution in [0.1, 0.15) is 56.6 Å². The van der Waals surface area contributed by atoms with Gasteiger partial charge in [-0.1, -0.05) is 6.07 Å². The number of amides is 1. The highest BCUT2D eigenvalue weighted by molar-refractivity contribution is 5.94. The highest BCUT2D eigenvalue weighted by Gasteiger charge is 2.23. The lowest BCUT2D eigenvalue weighted by molar-refractivity contribution is 0.0694. The van der Waals surface area contributed by atoms with Crippen LogP contribution in [0.25, 0.3) is 0 Å². The van der Waals surface area contributed by atoms with E-state index in [9.17, 15) is 14.0 Å². The van der Waals surface area contributed by atoms with Crippen LogP contribution >= 0.6 is 0 Å². The van der Waals surface area contributed by atoms with Gasteiger partial charge in [-0.05, 0) is 61.6 Å². The summed E-state index contributed by atoms with van der Waals surface area (Å²) >= 11 is 0. The Hall–Kier alpha value is -2.76. The van der Waals surface area contributed by atoms with Crippen molar-refractivity contribution in [2.24, 2.45) is 0 Å². The average molecular weight is 328 g/mol. The van der Waals surface area contributed by atoms with E-state index >= 15 is 0 Å². The largest absolute Gasteiger partial charge is 0.478 e. The van der Waals surface area contributed by atoms with Gasteiger partial charge in [-0.15, -0.1) is 0 Å². The molecular weight excluding hydrogens is 311 g/mol. The average Bonchev–Trinajstić information content (AvgIpc) is 2.54. The zero-order valence-corrected chi connectivity index (χ0v) is 13.2. The lowest BCUT2D eigenvalue weighted by Gasteiger charge is -2.26. The van der Waals surface area contributed by atoms with E-state index in [1.54, 1.807) is 13.0 Å². The molecule has 1 unspecified atom stereocenters. The number of hydrogen-bond donors (Lipinski definition) is 2. The number of rotatable bonds is 3. The molecule has 6 heteroatoms. The zero-order chi connectivity index (χ0) is 17.3. The molecule has 1 aromatic heterocycles. The summed E-state index contributed by atoms with van der Waals surface area (Å²) in [7, 11) is 0. The van der Waals surface area contributed by atoms with E-state index < -0.39 is 5.97 Å². The van der Waals surface area contributed by atoms with Crippen LogP contribution in [0, 0.1) is 12.7 Å². The Balaban J connectivity index is 1.81. The SMILES string of the molecule is Cc1nc(C(=O)NC2CCCc3cc(F)ccc32)ccc1C(=O)O. The first kappa shape index (κ1) is 16.1. The van der Waals surface area contributed by atoms with Crippen molar-refractivity contribution >= 4 is 11.9 Å². The second-order valence-electron chi connectivity index (χ2n) is 5.90. The minimum absolute atomic E-state index is 0.0741. The van der Waals surface area contributed by atoms with Gasteiger partial charge in [0.15, 0.2) is 0 Å². The Morgan fingerprint density at radius 2 is 2.08 bits per heavy atom. The third-order valence-corrected chi connectivity index (χ3v) is 4.27. The highest BCUT2D eigenvalue weighted by atomic mass is 19.1. The first-order valence-corrected chi connectivity index (χ1v) is 7.76. The van der Waals surface area contributed by atoms with E-state index in [0.29, 0.717) is 5.69 Å². The second-order valence-corrected chi connectivity index (χ2v) is 5.90. The van der Waals surface area contributed by atoms with E-state index in [1.165, 1.54) is 24.3 Å². The van der Waals surface area contributed by atoms with Crippen LogP contribution < -0.4 is 5.32 Å². The Morgan fingerprint density at radius 3 is 2.79 bits per heavy atom. The van der Waals surface area contributed by atoms with Gasteiger partial charge in [-0.25, -0.2) is 14.2 Å². The van der Waals surface area contributed by atoms with Crippen molar-refractivity contribution in [1.82, 2.24) is 10.3 Å². The molecule has 0 spiro atoms. The molecule has 0 saturated heterocycles. The number of aromatic nitrogens is 1. The van der Waals surface area contributed by atoms with Crippen LogP contribution in [0.15, 0.2) is 30.3 Å². The summed E-state index contributed by atoms with van der Waals surface area (Å²) in [5.41, 5.74) is 2.38. The van der Waals surface area contributed by atoms with Gasteiger partial charge < -0.3 is 10.4 Å². The minimum Gasteiger partial charge on any atom is -0.478 e. The van der Waals surface area contributed by atoms with E-state index in [4.69, 9.17) is 5.11 Å². The van der Waals surface area contributed by atoms with Crippen LogP contribution in [0.4, 0.5) is 4.39 Å². The van der Waals surface area contributed by atoms with Crippen LogP contribution in [0.2, 0.25) is 0 Å². The van der Waals surface area contributed by atoms with Crippen molar-refractivity contribution in [2.45, 2.75) is 32.2 Å². The van der Waals surface area contributed by atoms with Gasteiger partial charge >= 0.3 is 5.97 Å². The Morgan fingerprint density at radius 1 is 1.29 bits per heavy atom. The summed E-state index contributed by atoms with van der Waals surface area (Å²) < 4.78 is 13.4. The fourth-order valence-corrected chi connectivity index (χ4v) is 3.08. The molecule has 0 fully saturated rings. The van der Waals surface area contributed by atoms with Gasteiger partial charge in [0.25, 0.3) is 5.91 Å². The van der Waals surface area contributed by atoms with Gasteiger partial charge in [-0.3, -0.25) is 4.79 Å². The molecule has 1 amide bonds. The first-order valence-electron chi connectivity index (χ1n) is 7.76. The summed E-state index contributed by atoms with van der Waals surface area (Å²) in [5.74, 6) is -1.71. The third-order valence-electron chi connectivity index (χ3n) is 4.27. The highest BCUT2D eigenvalue weighted by Crippen LogP contribution is 2.30. The summed E-state index contributed by atoms with van der Waals surface area (Å²) in [6.07, 6.45) is 2.44. The molecule has 5 nitrogen and oxygen atoms in total. The summed E-state index contributed by atoms with van der Waals surface area (Å²) in [6, 6.07) is 7.21. The van der Waals surface area contributed by atoms with Gasteiger partial charge in [0, 0.05) is 0 Å². The molecule has 2 N–H and O–H groups in total. The van der Waals surface area contributed by atoms with Gasteiger partial charge in [0.1, 0.15) is 11.5 Å². The molecule has 0 bridgehead atoms. The predicted molar refractivity (Wildman–Crippen MR) is 85.5 cm³/mol. The van der Waals surface area contributed by atoms with Crippen LogP contribution in [0.5, 0.6) is 0 Å². The maximum absolute atomic E-state index is 13.4. The van der Waals surface area contributed by atoms with Gasteiger partial charge in [-0.2, -0.15) is 0 Å². The number of aromatic carboxylic acids is 1. The smallest absolute Gasteiger partial charge is 0.337 e. The van der Waals surface area contributed by atoms with Crippen molar-refractivity contribution < 1.29 is 19.1 Å². The Labute approximate surface area is 138 Å². The van der Waals surface area contributed by atoms with Gasteiger partial charge in [0.2, 0.25) is 0 Å². The number of carboxylic acid groups (broad SMARTS) is 1. The normalized spacial score (nSPS) is 16.3. The molecule has 124 valence electrons. The van der Waals surface area contributed by atoms with Crippen molar-refractivity contribution in [1.29, 1.82) is 0 Å². The standard InChI is InChI=1S/C18H17FN2O3/c1-10-13(18(23)24)7-8-16(20-10)17(22)21-15-4-2-3-11-9-12(19)5-6-14(11)15/h5-9,15H,2-4H2,1H3,(H,21,22)(H,23,24). The van der Waals surface area contributed by atoms with Crippen LogP contribution in [-0.4, -0.2) is 22.0 Å². The number of carboxylic acids is 1. The van der Waals surface area contributed by atoms with Crippen molar-refractivity contribution in [3.05, 3.63) is 64.2 Å². The van der Waals surface area contributed by atoms with Crippen LogP contribution in [-0.2, 0) is 6.42 Å². The number of pyridine rings is 1. The fourth-order valence-electron chi connectivity index (χ4n) is 3.08. The second kappa shape index (κ2) is 6.39. The molecule has 1 aliphatic rings. The lowest BCUT2D eigenvalue weighted by Crippen LogP contribution is -2.31. The molecule has 1 atom stereocenters. The Bertz CT molecular complexity index is 820. The predicted octanol–water partition coefficient (Wildman–Crippen LogP) is 3.03. The third kappa shape index (κ3) is 3.13. The number of halogens is 1. The minimum atomic E-state index is -1.07. The summed E-state index contributed by atoms with van der Waals surface area (Å²) in [6.45, 7) is 1.55. The van der Waals surface area contributed by atoms with E-state index in [2.05, 4.69) is 10.3 Å². The number of nitrogens with one attached hydrogen (secondary N) is 1. The van der Waals surface area contributed by atoms with E-state index in [1.807, 2.05) is 0 Å². The molecule has 1 aromatic carbocycles. The number of nitrogens with zero attached hydrogens (tertiary/aromatic N) is 1. The number of aryl methyl sites for hydroxylation is 2. The molecule has 1 aliphatic carbocycles. The number of carbonyl (C=O) groups excluding carboxylic acids is 1. The number of benzene rings is 1. The molecule has 3 rings (SSSR count). The summed E-state index contributed by atoms with van der Waals surface area (Å²) in [5, 5.41) is 11.9. The number of hydrogen-bond acceptors (Lipinski definition) is 3. The maximum Gasteiger partial charge on any atom is 0.337 e. The van der Waals surface area contributed by atoms with Crippen molar-refractivity contribution in [3.8, 4) is 0 Å². The monoisotopic (exact) mass is 328 g/mol. The quantitative estimate of drug-likeness (QED) is 0.907. The van der Waals surface area contributed by atoms with Gasteiger partial charge in [0.05, 0.1) is 17.3 Å². The molecule has 0 saturated carbocycles. The first-order chi connectivity index (χ1) is 11.5. The molecule has 0 aliphatic heterocycles. The molecule has 1 heterocycles. The summed E-state index contributed by atoms with van der Waals surface area (Å²) in [4.78, 5) is 27.5. The molecule has 0 radical (unpaired) electrons. The topological polar surface area (TPSA) is 79.3 Å². The van der Waals surface area contributed by atoms with Crippen molar-refractivity contribution in [3.63, 3.8) is 0 Å². The van der Waals surface area contributed by atoms with Crippen molar-refractivity contribution in [2.75, 3.05) is 0 Å². The van der Waals surface area contributed by atoms with E-state index in [0.717, 1.165) is 30.4 Å². The maximum atomic E-state index is 13.4. The zero-order valence-electron chi connectivity index (χ0n) is 13.2. The van der Waals surface area contributed by atoms with Crippen LogP contribution in [0.3, 0.4) is 0 Å². The molecule has 24 heavy (non-hydrogen) atoms. The molecular formula is C18H17FN2O3. The Kier molecular flexibility index (Phi) is 4.29. The van der Waals surface area contributed by atoms with E-state index in [-0.39, 0.29) is 29.0 Å². The molecule has 2 aromatic rings. The fraction of sp³-hybridized carbons (Fsp3) is 0.278. The lowest BCUT2D eigenvalue weighted by atomic mass is 9.87. The number of carbonyl (C=O) groups is 2. The number of fused-ring (bicyclic) bond motifs is 1.